The summed E-state index contributed by atoms with van der Waals surface area (Å²) in [5.74, 6) is 1.20. The molecule has 0 saturated carbocycles. The predicted molar refractivity (Wildman–Crippen MR) is 295 cm³/mol. The number of aromatic hydroxyl groups is 1. The van der Waals surface area contributed by atoms with Crippen LogP contribution in [0.2, 0.25) is 5.02 Å². The Labute approximate surface area is 444 Å². The summed E-state index contributed by atoms with van der Waals surface area (Å²) < 4.78 is 26.1. The zero-order chi connectivity index (χ0) is 54.1. The maximum Gasteiger partial charge on any atom is 0.410 e. The van der Waals surface area contributed by atoms with Gasteiger partial charge in [-0.25, -0.2) is 23.9 Å². The van der Waals surface area contributed by atoms with E-state index in [1.165, 1.54) is 23.8 Å². The Bertz CT molecular complexity index is 3230. The number of rotatable bonds is 7. The molecule has 75 heavy (non-hydrogen) atoms. The minimum atomic E-state index is -0.566. The number of nitrogens with zero attached hydrogens (tertiary/aromatic N) is 10. The van der Waals surface area contributed by atoms with Crippen molar-refractivity contribution in [2.24, 2.45) is 0 Å². The van der Waals surface area contributed by atoms with Gasteiger partial charge in [-0.2, -0.15) is 0 Å². The summed E-state index contributed by atoms with van der Waals surface area (Å²) in [7, 11) is 0. The minimum Gasteiger partial charge on any atom is -0.507 e. The second-order valence-electron chi connectivity index (χ2n) is 21.7. The number of hydrogen-bond donors (Lipinski definition) is 1. The van der Waals surface area contributed by atoms with Crippen molar-refractivity contribution >= 4 is 57.2 Å². The molecule has 0 spiro atoms. The summed E-state index contributed by atoms with van der Waals surface area (Å²) in [4.78, 5) is 42.5. The number of carbonyl (C=O) groups excluding carboxylic acids is 2. The van der Waals surface area contributed by atoms with Crippen molar-refractivity contribution < 1.29 is 28.6 Å². The number of fused-ring (bicyclic) bond motifs is 2. The minimum absolute atomic E-state index is 0.104. The molecule has 17 heteroatoms. The number of hydrogen-bond acceptors (Lipinski definition) is 13. The summed E-state index contributed by atoms with van der Waals surface area (Å²) in [5.41, 5.74) is 7.93. The van der Waals surface area contributed by atoms with Gasteiger partial charge in [0.2, 0.25) is 0 Å². The van der Waals surface area contributed by atoms with Crippen LogP contribution in [0.1, 0.15) is 104 Å². The van der Waals surface area contributed by atoms with E-state index >= 15 is 4.39 Å². The van der Waals surface area contributed by atoms with Crippen LogP contribution < -0.4 is 9.80 Å². The fourth-order valence-electron chi connectivity index (χ4n) is 9.43. The van der Waals surface area contributed by atoms with Gasteiger partial charge in [-0.1, -0.05) is 93.9 Å². The Balaban J connectivity index is 0.000000203. The highest BCUT2D eigenvalue weighted by Gasteiger charge is 2.31. The van der Waals surface area contributed by atoms with Gasteiger partial charge in [0.05, 0.1) is 16.3 Å². The standard InChI is InChI=1S/C32H36FN5O3.C26H32ClN5O2/c1-19(2)21-10-7-8-11-22(21)28-24-18-23(27-25(33)12-9-13-26(27)39)20(3)34-29(24)30(36-35-28)37-14-16-38(17-15-37)31(40)41-32(4,5)6;1-16(2)18-9-7-8-10-19(18)22-20-15-21(27)17(3)28-23(20)24(30-29-22)31-11-13-32(14-12-31)25(33)34-26(4,5)6/h7-13,18-19,39H,14-17H2,1-6H3;7-10,15-16H,11-14H2,1-6H3. The first-order chi connectivity index (χ1) is 35.5. The zero-order valence-electron chi connectivity index (χ0n) is 45.1. The molecule has 0 unspecified atom stereocenters. The van der Waals surface area contributed by atoms with Gasteiger partial charge in [0, 0.05) is 85.5 Å². The number of anilines is 2. The van der Waals surface area contributed by atoms with E-state index in [1.807, 2.05) is 90.9 Å². The van der Waals surface area contributed by atoms with Gasteiger partial charge in [0.1, 0.15) is 45.2 Å². The molecular formula is C58H68ClFN10O5. The molecule has 6 heterocycles. The maximum absolute atomic E-state index is 15.0. The van der Waals surface area contributed by atoms with Crippen LogP contribution >= 0.6 is 11.6 Å². The number of carbonyl (C=O) groups is 2. The first-order valence-electron chi connectivity index (χ1n) is 25.6. The van der Waals surface area contributed by atoms with Gasteiger partial charge in [-0.05, 0) is 103 Å². The molecule has 7 aromatic rings. The van der Waals surface area contributed by atoms with Crippen LogP contribution in [0.25, 0.3) is 55.4 Å². The molecule has 0 bridgehead atoms. The summed E-state index contributed by atoms with van der Waals surface area (Å²) in [6.07, 6.45) is -0.624. The number of ether oxygens (including phenoxy) is 2. The van der Waals surface area contributed by atoms with Crippen LogP contribution in [0.3, 0.4) is 0 Å². The smallest absolute Gasteiger partial charge is 0.410 e. The molecule has 0 radical (unpaired) electrons. The number of phenolic OH excluding ortho intramolecular Hbond substituents is 1. The lowest BCUT2D eigenvalue weighted by molar-refractivity contribution is 0.0230. The number of aryl methyl sites for hydroxylation is 2. The molecule has 2 aliphatic heterocycles. The Morgan fingerprint density at radius 3 is 1.44 bits per heavy atom. The Hall–Kier alpha value is -7.20. The van der Waals surface area contributed by atoms with Crippen molar-refractivity contribution in [3.8, 4) is 39.4 Å². The van der Waals surface area contributed by atoms with Gasteiger partial charge in [-0.3, -0.25) is 0 Å². The van der Waals surface area contributed by atoms with Crippen molar-refractivity contribution in [1.82, 2.24) is 40.2 Å². The fraction of sp³-hybridized carbons (Fsp3) is 0.414. The summed E-state index contributed by atoms with van der Waals surface area (Å²) >= 11 is 6.51. The SMILES string of the molecule is Cc1nc2c(N3CCN(C(=O)OC(C)(C)C)CC3)nnc(-c3ccccc3C(C)C)c2cc1-c1c(O)cccc1F.Cc1nc2c(N3CCN(C(=O)OC(C)(C)C)CC3)nnc(-c3ccccc3C(C)C)c2cc1Cl. The van der Waals surface area contributed by atoms with Crippen LogP contribution in [0.4, 0.5) is 25.6 Å². The Morgan fingerprint density at radius 2 is 1.01 bits per heavy atom. The number of piperazine rings is 2. The molecule has 394 valence electrons. The van der Waals surface area contributed by atoms with E-state index in [1.54, 1.807) is 16.7 Å². The number of aromatic nitrogens is 6. The highest BCUT2D eigenvalue weighted by atomic mass is 35.5. The van der Waals surface area contributed by atoms with Crippen molar-refractivity contribution in [3.63, 3.8) is 0 Å². The van der Waals surface area contributed by atoms with Crippen LogP contribution in [-0.2, 0) is 9.47 Å². The highest BCUT2D eigenvalue weighted by molar-refractivity contribution is 6.32. The van der Waals surface area contributed by atoms with Crippen LogP contribution in [0.15, 0.2) is 78.9 Å². The highest BCUT2D eigenvalue weighted by Crippen LogP contribution is 2.41. The van der Waals surface area contributed by atoms with Gasteiger partial charge in [-0.15, -0.1) is 20.4 Å². The molecule has 15 nitrogen and oxygen atoms in total. The van der Waals surface area contributed by atoms with Gasteiger partial charge < -0.3 is 34.2 Å². The third-order valence-corrected chi connectivity index (χ3v) is 13.6. The summed E-state index contributed by atoms with van der Waals surface area (Å²) in [5, 5.41) is 31.5. The molecule has 0 atom stereocenters. The normalized spacial score (nSPS) is 14.4. The number of phenols is 1. The maximum atomic E-state index is 15.0. The van der Waals surface area contributed by atoms with Gasteiger partial charge in [0.25, 0.3) is 0 Å². The third-order valence-electron chi connectivity index (χ3n) is 13.2. The molecule has 2 fully saturated rings. The second kappa shape index (κ2) is 21.9. The van der Waals surface area contributed by atoms with Crippen LogP contribution in [0.5, 0.6) is 5.75 Å². The lowest BCUT2D eigenvalue weighted by atomic mass is 9.92. The Kier molecular flexibility index (Phi) is 15.8. The average Bonchev–Trinajstić information content (AvgIpc) is 3.35. The number of halogens is 2. The van der Waals surface area contributed by atoms with E-state index < -0.39 is 17.0 Å². The first-order valence-corrected chi connectivity index (χ1v) is 26.0. The van der Waals surface area contributed by atoms with Gasteiger partial charge >= 0.3 is 12.2 Å². The molecule has 3 aromatic carbocycles. The van der Waals surface area contributed by atoms with E-state index in [2.05, 4.69) is 71.0 Å². The van der Waals surface area contributed by atoms with Crippen molar-refractivity contribution in [2.75, 3.05) is 62.2 Å². The zero-order valence-corrected chi connectivity index (χ0v) is 45.9. The van der Waals surface area contributed by atoms with Crippen LogP contribution in [0, 0.1) is 19.7 Å². The van der Waals surface area contributed by atoms with Gasteiger partial charge in [0.15, 0.2) is 11.6 Å². The molecular weight excluding hydrogens is 971 g/mol. The first kappa shape index (κ1) is 54.1. The van der Waals surface area contributed by atoms with E-state index in [4.69, 9.17) is 36.1 Å². The second-order valence-corrected chi connectivity index (χ2v) is 22.1. The third kappa shape index (κ3) is 12.0. The average molecular weight is 1040 g/mol. The topological polar surface area (TPSA) is 163 Å². The number of pyridine rings is 2. The van der Waals surface area contributed by atoms with E-state index in [0.717, 1.165) is 39.0 Å². The fourth-order valence-corrected chi connectivity index (χ4v) is 9.58. The largest absolute Gasteiger partial charge is 0.507 e. The van der Waals surface area contributed by atoms with E-state index in [9.17, 15) is 14.7 Å². The predicted octanol–water partition coefficient (Wildman–Crippen LogP) is 12.5. The molecule has 2 amide bonds. The molecule has 4 aromatic heterocycles. The number of amides is 2. The van der Waals surface area contributed by atoms with E-state index in [0.29, 0.717) is 103 Å². The van der Waals surface area contributed by atoms with E-state index in [-0.39, 0.29) is 29.4 Å². The number of benzene rings is 3. The molecule has 1 N–H and O–H groups in total. The molecule has 9 rings (SSSR count). The summed E-state index contributed by atoms with van der Waals surface area (Å²) in [6, 6.07) is 24.4. The molecule has 0 aliphatic carbocycles. The quantitative estimate of drug-likeness (QED) is 0.161. The monoisotopic (exact) mass is 1040 g/mol. The lowest BCUT2D eigenvalue weighted by Crippen LogP contribution is -2.50. The Morgan fingerprint density at radius 1 is 0.587 bits per heavy atom. The molecule has 2 aliphatic rings. The van der Waals surface area contributed by atoms with Crippen molar-refractivity contribution in [1.29, 1.82) is 0 Å². The molecule has 2 saturated heterocycles. The van der Waals surface area contributed by atoms with Crippen molar-refractivity contribution in [2.45, 2.75) is 106 Å². The van der Waals surface area contributed by atoms with Crippen molar-refractivity contribution in [3.05, 3.63) is 112 Å². The lowest BCUT2D eigenvalue weighted by Gasteiger charge is -2.36. The van der Waals surface area contributed by atoms with Crippen LogP contribution in [-0.4, -0.2) is 121 Å². The summed E-state index contributed by atoms with van der Waals surface area (Å²) in [6.45, 7) is 27.8.